The van der Waals surface area contributed by atoms with Crippen molar-refractivity contribution >= 4 is 16.7 Å². The summed E-state index contributed by atoms with van der Waals surface area (Å²) in [5.74, 6) is 0.970. The molecular formula is C15H21NO3S. The Morgan fingerprint density at radius 3 is 3.00 bits per heavy atom. The number of hydrogen-bond donors (Lipinski definition) is 1. The van der Waals surface area contributed by atoms with Crippen LogP contribution in [0.3, 0.4) is 0 Å². The van der Waals surface area contributed by atoms with E-state index in [1.165, 1.54) is 0 Å². The summed E-state index contributed by atoms with van der Waals surface area (Å²) in [6.07, 6.45) is 3.40. The van der Waals surface area contributed by atoms with Gasteiger partial charge < -0.3 is 10.1 Å². The maximum absolute atomic E-state index is 12.2. The standard InChI is InChI=1S/C15H21NO3S/c1-11(10-20(2)18)15(17)16-13-7-5-9-19-14-8-4-3-6-12(13)14/h3-4,6,8,11,13H,5,7,9-10H2,1-2H3,(H,16,17)/t11-,13+,20+/m1/s1. The van der Waals surface area contributed by atoms with Crippen LogP contribution in [0.1, 0.15) is 31.4 Å². The molecule has 0 saturated heterocycles. The van der Waals surface area contributed by atoms with Crippen LogP contribution < -0.4 is 10.1 Å². The van der Waals surface area contributed by atoms with Crippen LogP contribution in [0, 0.1) is 5.92 Å². The fraction of sp³-hybridized carbons (Fsp3) is 0.533. The van der Waals surface area contributed by atoms with Gasteiger partial charge in [-0.2, -0.15) is 0 Å². The maximum Gasteiger partial charge on any atom is 0.224 e. The second-order valence-corrected chi connectivity index (χ2v) is 6.71. The lowest BCUT2D eigenvalue weighted by molar-refractivity contribution is -0.124. The minimum Gasteiger partial charge on any atom is -0.493 e. The summed E-state index contributed by atoms with van der Waals surface area (Å²) >= 11 is 0. The van der Waals surface area contributed by atoms with E-state index in [0.29, 0.717) is 12.4 Å². The SMILES string of the molecule is C[C@H](C[S@](C)=O)C(=O)N[C@H]1CCCOc2ccccc21. The van der Waals surface area contributed by atoms with Crippen molar-refractivity contribution in [3.8, 4) is 5.75 Å². The van der Waals surface area contributed by atoms with Gasteiger partial charge in [0.15, 0.2) is 0 Å². The van der Waals surface area contributed by atoms with Crippen LogP contribution >= 0.6 is 0 Å². The van der Waals surface area contributed by atoms with E-state index in [-0.39, 0.29) is 17.9 Å². The molecule has 0 aliphatic carbocycles. The molecule has 1 aromatic rings. The number of ether oxygens (including phenoxy) is 1. The van der Waals surface area contributed by atoms with Crippen molar-refractivity contribution in [1.29, 1.82) is 0 Å². The average Bonchev–Trinajstić information content (AvgIpc) is 2.61. The molecule has 1 heterocycles. The van der Waals surface area contributed by atoms with Crippen molar-refractivity contribution in [3.63, 3.8) is 0 Å². The van der Waals surface area contributed by atoms with Gasteiger partial charge in [-0.05, 0) is 18.9 Å². The number of para-hydroxylation sites is 1. The Morgan fingerprint density at radius 2 is 2.25 bits per heavy atom. The molecular weight excluding hydrogens is 274 g/mol. The van der Waals surface area contributed by atoms with Crippen LogP contribution in [-0.4, -0.2) is 28.7 Å². The highest BCUT2D eigenvalue weighted by Gasteiger charge is 2.23. The molecule has 0 aromatic heterocycles. The second-order valence-electron chi connectivity index (χ2n) is 5.23. The van der Waals surface area contributed by atoms with E-state index in [0.717, 1.165) is 24.2 Å². The number of carbonyl (C=O) groups excluding carboxylic acids is 1. The van der Waals surface area contributed by atoms with Crippen molar-refractivity contribution in [1.82, 2.24) is 5.32 Å². The number of hydrogen-bond acceptors (Lipinski definition) is 3. The van der Waals surface area contributed by atoms with E-state index < -0.39 is 10.8 Å². The summed E-state index contributed by atoms with van der Waals surface area (Å²) in [7, 11) is -0.957. The maximum atomic E-state index is 12.2. The lowest BCUT2D eigenvalue weighted by Gasteiger charge is -2.20. The molecule has 2 rings (SSSR count). The molecule has 1 N–H and O–H groups in total. The summed E-state index contributed by atoms with van der Waals surface area (Å²) in [5, 5.41) is 3.07. The van der Waals surface area contributed by atoms with E-state index >= 15 is 0 Å². The summed E-state index contributed by atoms with van der Waals surface area (Å²) in [5.41, 5.74) is 1.03. The summed E-state index contributed by atoms with van der Waals surface area (Å²) < 4.78 is 16.9. The highest BCUT2D eigenvalue weighted by molar-refractivity contribution is 7.84. The number of rotatable bonds is 4. The Kier molecular flexibility index (Phi) is 5.17. The largest absolute Gasteiger partial charge is 0.493 e. The van der Waals surface area contributed by atoms with E-state index in [9.17, 15) is 9.00 Å². The quantitative estimate of drug-likeness (QED) is 0.924. The molecule has 20 heavy (non-hydrogen) atoms. The van der Waals surface area contributed by atoms with Crippen LogP contribution in [0.4, 0.5) is 0 Å². The zero-order chi connectivity index (χ0) is 14.5. The molecule has 0 bridgehead atoms. The van der Waals surface area contributed by atoms with E-state index in [1.807, 2.05) is 31.2 Å². The number of fused-ring (bicyclic) bond motifs is 1. The predicted molar refractivity (Wildman–Crippen MR) is 80.2 cm³/mol. The highest BCUT2D eigenvalue weighted by Crippen LogP contribution is 2.31. The molecule has 0 saturated carbocycles. The summed E-state index contributed by atoms with van der Waals surface area (Å²) in [6, 6.07) is 7.80. The topological polar surface area (TPSA) is 55.4 Å². The van der Waals surface area contributed by atoms with E-state index in [2.05, 4.69) is 5.32 Å². The third-order valence-corrected chi connectivity index (χ3v) is 4.41. The third-order valence-electron chi connectivity index (χ3n) is 3.44. The molecule has 0 fully saturated rings. The molecule has 0 radical (unpaired) electrons. The number of carbonyl (C=O) groups is 1. The second kappa shape index (κ2) is 6.88. The van der Waals surface area contributed by atoms with Gasteiger partial charge in [0.1, 0.15) is 5.75 Å². The van der Waals surface area contributed by atoms with Gasteiger partial charge in [-0.3, -0.25) is 9.00 Å². The monoisotopic (exact) mass is 295 g/mol. The van der Waals surface area contributed by atoms with Crippen molar-refractivity contribution in [2.75, 3.05) is 18.6 Å². The fourth-order valence-corrected chi connectivity index (χ4v) is 3.27. The van der Waals surface area contributed by atoms with Gasteiger partial charge in [0.25, 0.3) is 0 Å². The highest BCUT2D eigenvalue weighted by atomic mass is 32.2. The fourth-order valence-electron chi connectivity index (χ4n) is 2.42. The molecule has 110 valence electrons. The number of benzene rings is 1. The minimum atomic E-state index is -0.957. The Morgan fingerprint density at radius 1 is 1.50 bits per heavy atom. The lowest BCUT2D eigenvalue weighted by Crippen LogP contribution is -2.34. The first-order valence-corrected chi connectivity index (χ1v) is 8.62. The molecule has 0 unspecified atom stereocenters. The molecule has 1 aromatic carbocycles. The summed E-state index contributed by atoms with van der Waals surface area (Å²) in [4.78, 5) is 12.2. The molecule has 0 spiro atoms. The van der Waals surface area contributed by atoms with Crippen LogP contribution in [0.2, 0.25) is 0 Å². The van der Waals surface area contributed by atoms with E-state index in [1.54, 1.807) is 6.26 Å². The average molecular weight is 295 g/mol. The molecule has 1 amide bonds. The Hall–Kier alpha value is -1.36. The zero-order valence-electron chi connectivity index (χ0n) is 11.9. The van der Waals surface area contributed by atoms with Crippen molar-refractivity contribution in [3.05, 3.63) is 29.8 Å². The van der Waals surface area contributed by atoms with Crippen LogP contribution in [-0.2, 0) is 15.6 Å². The lowest BCUT2D eigenvalue weighted by atomic mass is 10.0. The molecule has 5 heteroatoms. The Bertz CT molecular complexity index is 504. The smallest absolute Gasteiger partial charge is 0.224 e. The van der Waals surface area contributed by atoms with E-state index in [4.69, 9.17) is 4.74 Å². The number of amides is 1. The van der Waals surface area contributed by atoms with Crippen LogP contribution in [0.25, 0.3) is 0 Å². The third kappa shape index (κ3) is 3.82. The molecule has 3 atom stereocenters. The normalized spacial score (nSPS) is 21.0. The van der Waals surface area contributed by atoms with Crippen molar-refractivity contribution in [2.24, 2.45) is 5.92 Å². The van der Waals surface area contributed by atoms with Gasteiger partial charge >= 0.3 is 0 Å². The van der Waals surface area contributed by atoms with Crippen molar-refractivity contribution < 1.29 is 13.7 Å². The van der Waals surface area contributed by atoms with Gasteiger partial charge in [0.2, 0.25) is 5.91 Å². The first kappa shape index (κ1) is 15.0. The van der Waals surface area contributed by atoms with Crippen LogP contribution in [0.5, 0.6) is 5.75 Å². The first-order chi connectivity index (χ1) is 9.58. The minimum absolute atomic E-state index is 0.0195. The number of nitrogens with one attached hydrogen (secondary N) is 1. The van der Waals surface area contributed by atoms with Gasteiger partial charge in [0, 0.05) is 34.3 Å². The molecule has 4 nitrogen and oxygen atoms in total. The molecule has 1 aliphatic heterocycles. The first-order valence-electron chi connectivity index (χ1n) is 6.90. The zero-order valence-corrected chi connectivity index (χ0v) is 12.7. The van der Waals surface area contributed by atoms with Gasteiger partial charge in [0.05, 0.1) is 12.6 Å². The molecule has 1 aliphatic rings. The Balaban J connectivity index is 2.09. The van der Waals surface area contributed by atoms with Gasteiger partial charge in [-0.25, -0.2) is 0 Å². The van der Waals surface area contributed by atoms with Gasteiger partial charge in [-0.1, -0.05) is 25.1 Å². The Labute approximate surface area is 122 Å². The van der Waals surface area contributed by atoms with Crippen molar-refractivity contribution in [2.45, 2.75) is 25.8 Å². The summed E-state index contributed by atoms with van der Waals surface area (Å²) in [6.45, 7) is 2.49. The predicted octanol–water partition coefficient (Wildman–Crippen LogP) is 2.03. The van der Waals surface area contributed by atoms with Crippen LogP contribution in [0.15, 0.2) is 24.3 Å². The van der Waals surface area contributed by atoms with Gasteiger partial charge in [-0.15, -0.1) is 0 Å².